The molecule has 3 rings (SSSR count). The van der Waals surface area contributed by atoms with Crippen molar-refractivity contribution < 1.29 is 19.1 Å². The van der Waals surface area contributed by atoms with Gasteiger partial charge in [-0.1, -0.05) is 42.3 Å². The van der Waals surface area contributed by atoms with Gasteiger partial charge in [-0.05, 0) is 55.2 Å². The molecule has 1 aliphatic heterocycles. The zero-order valence-electron chi connectivity index (χ0n) is 18.3. The number of ether oxygens (including phenoxy) is 2. The molecule has 0 spiro atoms. The van der Waals surface area contributed by atoms with Crippen LogP contribution in [-0.4, -0.2) is 42.5 Å². The molecule has 0 radical (unpaired) electrons. The number of hydrogen-bond donors (Lipinski definition) is 1. The molecule has 32 heavy (non-hydrogen) atoms. The second-order valence-corrected chi connectivity index (χ2v) is 8.53. The topological polar surface area (TPSA) is 67.9 Å². The number of halogens is 2. The van der Waals surface area contributed by atoms with Crippen molar-refractivity contribution in [2.45, 2.75) is 45.7 Å². The van der Waals surface area contributed by atoms with Crippen LogP contribution in [0.4, 0.5) is 0 Å². The summed E-state index contributed by atoms with van der Waals surface area (Å²) in [6, 6.07) is 10.3. The van der Waals surface area contributed by atoms with Crippen molar-refractivity contribution in [2.75, 3.05) is 19.8 Å². The summed E-state index contributed by atoms with van der Waals surface area (Å²) in [5, 5.41) is 3.73. The molecule has 0 saturated heterocycles. The lowest BCUT2D eigenvalue weighted by molar-refractivity contribution is -0.140. The third-order valence-corrected chi connectivity index (χ3v) is 6.03. The highest BCUT2D eigenvalue weighted by molar-refractivity contribution is 6.42. The second kappa shape index (κ2) is 11.4. The van der Waals surface area contributed by atoms with Crippen LogP contribution in [-0.2, 0) is 22.6 Å². The zero-order chi connectivity index (χ0) is 23.1. The van der Waals surface area contributed by atoms with Crippen molar-refractivity contribution in [1.82, 2.24) is 10.2 Å². The number of carbonyl (C=O) groups excluding carboxylic acids is 2. The quantitative estimate of drug-likeness (QED) is 0.569. The maximum absolute atomic E-state index is 13.2. The van der Waals surface area contributed by atoms with Crippen LogP contribution in [0.1, 0.15) is 37.8 Å². The number of amides is 2. The van der Waals surface area contributed by atoms with Gasteiger partial charge >= 0.3 is 0 Å². The summed E-state index contributed by atoms with van der Waals surface area (Å²) in [5.74, 6) is 1.11. The molecular formula is C24H28Cl2N2O4. The zero-order valence-corrected chi connectivity index (χ0v) is 19.8. The molecule has 6 nitrogen and oxygen atoms in total. The fraction of sp³-hybridized carbons (Fsp3) is 0.417. The number of carbonyl (C=O) groups is 2. The van der Waals surface area contributed by atoms with Crippen LogP contribution in [0.3, 0.4) is 0 Å². The van der Waals surface area contributed by atoms with Crippen molar-refractivity contribution in [3.05, 3.63) is 57.6 Å². The van der Waals surface area contributed by atoms with E-state index in [0.29, 0.717) is 47.7 Å². The number of benzene rings is 2. The molecule has 8 heteroatoms. The minimum absolute atomic E-state index is 0.120. The van der Waals surface area contributed by atoms with Crippen LogP contribution in [0.5, 0.6) is 11.5 Å². The first-order chi connectivity index (χ1) is 15.4. The third kappa shape index (κ3) is 6.30. The Morgan fingerprint density at radius 3 is 2.47 bits per heavy atom. The maximum atomic E-state index is 13.2. The van der Waals surface area contributed by atoms with Crippen LogP contribution in [0.25, 0.3) is 0 Å². The number of hydrogen-bond acceptors (Lipinski definition) is 4. The minimum atomic E-state index is -0.622. The fourth-order valence-corrected chi connectivity index (χ4v) is 3.77. The predicted octanol–water partition coefficient (Wildman–Crippen LogP) is 4.64. The van der Waals surface area contributed by atoms with Gasteiger partial charge < -0.3 is 19.7 Å². The van der Waals surface area contributed by atoms with E-state index >= 15 is 0 Å². The average molecular weight is 479 g/mol. The van der Waals surface area contributed by atoms with E-state index in [0.717, 1.165) is 17.5 Å². The third-order valence-electron chi connectivity index (χ3n) is 5.29. The summed E-state index contributed by atoms with van der Waals surface area (Å²) in [7, 11) is 0. The van der Waals surface area contributed by atoms with Gasteiger partial charge in [-0.25, -0.2) is 0 Å². The fourth-order valence-electron chi connectivity index (χ4n) is 3.45. The standard InChI is InChI=1S/C24H28Cl2N2O4/c1-3-10-27-24(30)16(2)28(15-18-4-7-19(25)20(26)13-18)23(29)9-6-17-5-8-21-22(14-17)32-12-11-31-21/h4-5,7-8,13-14,16H,3,6,9-12,15H2,1-2H3,(H,27,30)/t16-/m1/s1. The van der Waals surface area contributed by atoms with Gasteiger partial charge in [0.25, 0.3) is 0 Å². The number of fused-ring (bicyclic) bond motifs is 1. The van der Waals surface area contributed by atoms with E-state index < -0.39 is 6.04 Å². The molecule has 2 amide bonds. The Kier molecular flexibility index (Phi) is 8.65. The Balaban J connectivity index is 1.72. The van der Waals surface area contributed by atoms with E-state index in [1.54, 1.807) is 24.0 Å². The van der Waals surface area contributed by atoms with Gasteiger partial charge in [0, 0.05) is 19.5 Å². The highest BCUT2D eigenvalue weighted by atomic mass is 35.5. The molecule has 2 aromatic rings. The van der Waals surface area contributed by atoms with Crippen molar-refractivity contribution in [2.24, 2.45) is 0 Å². The minimum Gasteiger partial charge on any atom is -0.486 e. The molecule has 1 aliphatic rings. The lowest BCUT2D eigenvalue weighted by Crippen LogP contribution is -2.47. The number of nitrogens with zero attached hydrogens (tertiary/aromatic N) is 1. The molecule has 0 bridgehead atoms. The van der Waals surface area contributed by atoms with Crippen molar-refractivity contribution in [3.63, 3.8) is 0 Å². The molecule has 172 valence electrons. The largest absolute Gasteiger partial charge is 0.486 e. The van der Waals surface area contributed by atoms with Crippen LogP contribution >= 0.6 is 23.2 Å². The molecule has 0 aromatic heterocycles. The summed E-state index contributed by atoms with van der Waals surface area (Å²) < 4.78 is 11.2. The van der Waals surface area contributed by atoms with E-state index in [2.05, 4.69) is 5.32 Å². The number of rotatable bonds is 9. The van der Waals surface area contributed by atoms with Crippen LogP contribution < -0.4 is 14.8 Å². The molecule has 0 fully saturated rings. The summed E-state index contributed by atoms with van der Waals surface area (Å²) in [6.07, 6.45) is 1.60. The first kappa shape index (κ1) is 24.2. The van der Waals surface area contributed by atoms with Crippen LogP contribution in [0, 0.1) is 0 Å². The first-order valence-electron chi connectivity index (χ1n) is 10.8. The van der Waals surface area contributed by atoms with E-state index in [1.165, 1.54) is 0 Å². The number of nitrogens with one attached hydrogen (secondary N) is 1. The van der Waals surface area contributed by atoms with Gasteiger partial charge in [0.15, 0.2) is 11.5 Å². The van der Waals surface area contributed by atoms with Gasteiger partial charge in [-0.15, -0.1) is 0 Å². The summed E-state index contributed by atoms with van der Waals surface area (Å²) in [5.41, 5.74) is 1.78. The predicted molar refractivity (Wildman–Crippen MR) is 126 cm³/mol. The molecule has 0 unspecified atom stereocenters. The Morgan fingerprint density at radius 1 is 1.03 bits per heavy atom. The summed E-state index contributed by atoms with van der Waals surface area (Å²) in [6.45, 7) is 5.60. The number of aryl methyl sites for hydroxylation is 1. The van der Waals surface area contributed by atoms with Crippen molar-refractivity contribution in [1.29, 1.82) is 0 Å². The highest BCUT2D eigenvalue weighted by Gasteiger charge is 2.26. The average Bonchev–Trinajstić information content (AvgIpc) is 2.81. The molecule has 0 saturated carbocycles. The maximum Gasteiger partial charge on any atom is 0.242 e. The van der Waals surface area contributed by atoms with E-state index in [1.807, 2.05) is 31.2 Å². The molecule has 1 N–H and O–H groups in total. The Hall–Kier alpha value is -2.44. The van der Waals surface area contributed by atoms with Gasteiger partial charge in [-0.3, -0.25) is 9.59 Å². The van der Waals surface area contributed by atoms with Crippen LogP contribution in [0.2, 0.25) is 10.0 Å². The van der Waals surface area contributed by atoms with Crippen molar-refractivity contribution >= 4 is 35.0 Å². The van der Waals surface area contributed by atoms with Crippen molar-refractivity contribution in [3.8, 4) is 11.5 Å². The molecule has 1 atom stereocenters. The lowest BCUT2D eigenvalue weighted by atomic mass is 10.1. The SMILES string of the molecule is CCCNC(=O)[C@@H](C)N(Cc1ccc(Cl)c(Cl)c1)C(=O)CCc1ccc2c(c1)OCCO2. The van der Waals surface area contributed by atoms with E-state index in [4.69, 9.17) is 32.7 Å². The van der Waals surface area contributed by atoms with Gasteiger partial charge in [0.1, 0.15) is 19.3 Å². The monoisotopic (exact) mass is 478 g/mol. The molecule has 1 heterocycles. The lowest BCUT2D eigenvalue weighted by Gasteiger charge is -2.29. The smallest absolute Gasteiger partial charge is 0.242 e. The molecule has 0 aliphatic carbocycles. The normalized spacial score (nSPS) is 13.4. The summed E-state index contributed by atoms with van der Waals surface area (Å²) in [4.78, 5) is 27.4. The van der Waals surface area contributed by atoms with Crippen LogP contribution in [0.15, 0.2) is 36.4 Å². The van der Waals surface area contributed by atoms with E-state index in [-0.39, 0.29) is 24.8 Å². The molecular weight excluding hydrogens is 451 g/mol. The van der Waals surface area contributed by atoms with Gasteiger partial charge in [0.05, 0.1) is 10.0 Å². The Bertz CT molecular complexity index is 967. The Morgan fingerprint density at radius 2 is 1.75 bits per heavy atom. The first-order valence-corrected chi connectivity index (χ1v) is 11.5. The van der Waals surface area contributed by atoms with E-state index in [9.17, 15) is 9.59 Å². The second-order valence-electron chi connectivity index (χ2n) is 7.72. The molecule has 2 aromatic carbocycles. The summed E-state index contributed by atoms with van der Waals surface area (Å²) >= 11 is 12.2. The van der Waals surface area contributed by atoms with Gasteiger partial charge in [0.2, 0.25) is 11.8 Å². The Labute approximate surface area is 198 Å². The van der Waals surface area contributed by atoms with Gasteiger partial charge in [-0.2, -0.15) is 0 Å². The highest BCUT2D eigenvalue weighted by Crippen LogP contribution is 2.31.